The molecule has 33 heavy (non-hydrogen) atoms. The first-order valence-electron chi connectivity index (χ1n) is 9.83. The molecule has 0 saturated heterocycles. The predicted octanol–water partition coefficient (Wildman–Crippen LogP) is 3.80. The highest BCUT2D eigenvalue weighted by Gasteiger charge is 2.37. The van der Waals surface area contributed by atoms with Crippen LogP contribution in [0.25, 0.3) is 10.2 Å². The highest BCUT2D eigenvalue weighted by Crippen LogP contribution is 2.32. The number of halogens is 2. The first-order valence-corrected chi connectivity index (χ1v) is 10.6. The van der Waals surface area contributed by atoms with Crippen molar-refractivity contribution in [3.8, 4) is 0 Å². The Morgan fingerprint density at radius 2 is 1.70 bits per heavy atom. The summed E-state index contributed by atoms with van der Waals surface area (Å²) in [6.07, 6.45) is 1.55. The molecule has 1 aliphatic rings. The van der Waals surface area contributed by atoms with Crippen LogP contribution in [0.15, 0.2) is 60.8 Å². The molecule has 3 heterocycles. The van der Waals surface area contributed by atoms with Gasteiger partial charge in [-0.15, -0.1) is 0 Å². The Hall–Kier alpha value is -4.05. The van der Waals surface area contributed by atoms with Crippen molar-refractivity contribution in [2.45, 2.75) is 6.54 Å². The third-order valence-corrected chi connectivity index (χ3v) is 6.18. The average Bonchev–Trinajstić information content (AvgIpc) is 3.33. The van der Waals surface area contributed by atoms with Crippen LogP contribution in [0.1, 0.15) is 26.4 Å². The van der Waals surface area contributed by atoms with Crippen molar-refractivity contribution in [1.29, 1.82) is 0 Å². The lowest BCUT2D eigenvalue weighted by Gasteiger charge is -2.22. The maximum Gasteiger partial charge on any atom is 0.262 e. The first-order chi connectivity index (χ1) is 15.9. The van der Waals surface area contributed by atoms with Crippen LogP contribution < -0.4 is 4.90 Å². The molecule has 0 spiro atoms. The van der Waals surface area contributed by atoms with Gasteiger partial charge < -0.3 is 0 Å². The largest absolute Gasteiger partial charge is 0.280 e. The fraction of sp³-hybridized carbons (Fsp3) is 0.0870. The quantitative estimate of drug-likeness (QED) is 0.420. The van der Waals surface area contributed by atoms with Gasteiger partial charge in [-0.2, -0.15) is 0 Å². The number of amides is 3. The molecule has 0 fully saturated rings. The van der Waals surface area contributed by atoms with Crippen molar-refractivity contribution in [2.75, 3.05) is 11.4 Å². The number of hydrogen-bond acceptors (Lipinski definition) is 6. The van der Waals surface area contributed by atoms with Crippen LogP contribution >= 0.6 is 11.3 Å². The van der Waals surface area contributed by atoms with Crippen molar-refractivity contribution < 1.29 is 23.2 Å². The Morgan fingerprint density at radius 3 is 2.36 bits per heavy atom. The van der Waals surface area contributed by atoms with Crippen LogP contribution in [0.4, 0.5) is 13.9 Å². The molecular formula is C23H14F2N4O3S. The van der Waals surface area contributed by atoms with E-state index in [0.717, 1.165) is 28.4 Å². The van der Waals surface area contributed by atoms with Gasteiger partial charge in [0.25, 0.3) is 11.8 Å². The lowest BCUT2D eigenvalue weighted by atomic mass is 10.1. The van der Waals surface area contributed by atoms with Crippen molar-refractivity contribution in [2.24, 2.45) is 0 Å². The van der Waals surface area contributed by atoms with Gasteiger partial charge in [0.2, 0.25) is 5.91 Å². The molecule has 2 aromatic carbocycles. The summed E-state index contributed by atoms with van der Waals surface area (Å²) in [6.45, 7) is -0.571. The molecule has 2 aromatic heterocycles. The molecule has 0 radical (unpaired) electrons. The Labute approximate surface area is 189 Å². The molecule has 3 amide bonds. The number of thiazole rings is 1. The summed E-state index contributed by atoms with van der Waals surface area (Å²) in [7, 11) is 0. The van der Waals surface area contributed by atoms with E-state index in [2.05, 4.69) is 9.97 Å². The highest BCUT2D eigenvalue weighted by molar-refractivity contribution is 7.22. The number of fused-ring (bicyclic) bond motifs is 2. The van der Waals surface area contributed by atoms with Crippen LogP contribution in [0, 0.1) is 11.6 Å². The smallest absolute Gasteiger partial charge is 0.262 e. The second-order valence-corrected chi connectivity index (χ2v) is 8.28. The van der Waals surface area contributed by atoms with E-state index >= 15 is 0 Å². The van der Waals surface area contributed by atoms with Crippen LogP contribution in [-0.2, 0) is 11.3 Å². The molecule has 1 aliphatic heterocycles. The molecule has 0 atom stereocenters. The third-order valence-electron chi connectivity index (χ3n) is 5.15. The lowest BCUT2D eigenvalue weighted by molar-refractivity contribution is -0.119. The Bertz CT molecular complexity index is 1390. The molecule has 10 heteroatoms. The zero-order valence-electron chi connectivity index (χ0n) is 16.9. The van der Waals surface area contributed by atoms with Crippen LogP contribution in [0.2, 0.25) is 0 Å². The summed E-state index contributed by atoms with van der Waals surface area (Å²) in [5, 5.41) is 0.0989. The zero-order valence-corrected chi connectivity index (χ0v) is 17.7. The number of rotatable bonds is 5. The van der Waals surface area contributed by atoms with E-state index in [4.69, 9.17) is 0 Å². The Kier molecular flexibility index (Phi) is 5.14. The summed E-state index contributed by atoms with van der Waals surface area (Å²) in [6, 6.07) is 13.3. The number of pyridine rings is 1. The highest BCUT2D eigenvalue weighted by atomic mass is 32.1. The standard InChI is InChI=1S/C23H14F2N4O3S/c24-13-9-17(25)20-18(10-13)33-23(27-20)28(11-14-5-3-4-8-26-14)19(30)12-29-21(31)15-6-1-2-7-16(15)22(29)32/h1-10H,11-12H2. The van der Waals surface area contributed by atoms with Gasteiger partial charge in [0.15, 0.2) is 10.9 Å². The van der Waals surface area contributed by atoms with Crippen LogP contribution in [-0.4, -0.2) is 39.1 Å². The minimum absolute atomic E-state index is 0.0350. The first kappa shape index (κ1) is 20.8. The Morgan fingerprint density at radius 1 is 1.00 bits per heavy atom. The van der Waals surface area contributed by atoms with Crippen molar-refractivity contribution in [3.05, 3.63) is 89.2 Å². The zero-order chi connectivity index (χ0) is 23.1. The monoisotopic (exact) mass is 464 g/mol. The van der Waals surface area contributed by atoms with E-state index in [0.29, 0.717) is 5.69 Å². The second kappa shape index (κ2) is 8.14. The van der Waals surface area contributed by atoms with Gasteiger partial charge in [-0.25, -0.2) is 13.8 Å². The molecule has 0 N–H and O–H groups in total. The number of carbonyl (C=O) groups excluding carboxylic acids is 3. The fourth-order valence-corrected chi connectivity index (χ4v) is 4.60. The maximum atomic E-state index is 14.2. The summed E-state index contributed by atoms with van der Waals surface area (Å²) in [4.78, 5) is 49.2. The number of carbonyl (C=O) groups is 3. The normalized spacial score (nSPS) is 13.0. The van der Waals surface area contributed by atoms with E-state index in [9.17, 15) is 23.2 Å². The molecule has 4 aromatic rings. The van der Waals surface area contributed by atoms with Crippen molar-refractivity contribution in [3.63, 3.8) is 0 Å². The summed E-state index contributed by atoms with van der Waals surface area (Å²) in [5.41, 5.74) is 0.892. The molecule has 0 bridgehead atoms. The van der Waals surface area contributed by atoms with E-state index in [1.807, 2.05) is 0 Å². The average molecular weight is 464 g/mol. The van der Waals surface area contributed by atoms with Gasteiger partial charge in [0, 0.05) is 12.3 Å². The molecule has 0 saturated carbocycles. The molecule has 7 nitrogen and oxygen atoms in total. The third kappa shape index (κ3) is 3.74. The van der Waals surface area contributed by atoms with Gasteiger partial charge in [0.05, 0.1) is 28.1 Å². The Balaban J connectivity index is 1.50. The maximum absolute atomic E-state index is 14.2. The van der Waals surface area contributed by atoms with Crippen molar-refractivity contribution >= 4 is 44.4 Å². The van der Waals surface area contributed by atoms with Gasteiger partial charge in [-0.3, -0.25) is 29.2 Å². The van der Waals surface area contributed by atoms with Crippen molar-refractivity contribution in [1.82, 2.24) is 14.9 Å². The molecule has 0 aliphatic carbocycles. The van der Waals surface area contributed by atoms with Crippen LogP contribution in [0.5, 0.6) is 0 Å². The predicted molar refractivity (Wildman–Crippen MR) is 117 cm³/mol. The molecular weight excluding hydrogens is 450 g/mol. The molecule has 164 valence electrons. The number of hydrogen-bond donors (Lipinski definition) is 0. The second-order valence-electron chi connectivity index (χ2n) is 7.27. The fourth-order valence-electron chi connectivity index (χ4n) is 3.58. The van der Waals surface area contributed by atoms with Gasteiger partial charge >= 0.3 is 0 Å². The number of nitrogens with zero attached hydrogens (tertiary/aromatic N) is 4. The van der Waals surface area contributed by atoms with Gasteiger partial charge in [-0.1, -0.05) is 29.5 Å². The lowest BCUT2D eigenvalue weighted by Crippen LogP contribution is -2.42. The molecule has 0 unspecified atom stereocenters. The van der Waals surface area contributed by atoms with Gasteiger partial charge in [-0.05, 0) is 30.3 Å². The summed E-state index contributed by atoms with van der Waals surface area (Å²) in [5.74, 6) is -3.37. The van der Waals surface area contributed by atoms with E-state index < -0.39 is 35.9 Å². The summed E-state index contributed by atoms with van der Waals surface area (Å²) >= 11 is 0.926. The number of imide groups is 1. The van der Waals surface area contributed by atoms with E-state index in [1.54, 1.807) is 36.5 Å². The topological polar surface area (TPSA) is 83.5 Å². The molecule has 5 rings (SSSR count). The minimum atomic E-state index is -0.849. The van der Waals surface area contributed by atoms with E-state index in [-0.39, 0.29) is 33.0 Å². The van der Waals surface area contributed by atoms with E-state index in [1.165, 1.54) is 17.0 Å². The summed E-state index contributed by atoms with van der Waals surface area (Å²) < 4.78 is 28.1. The van der Waals surface area contributed by atoms with Crippen LogP contribution in [0.3, 0.4) is 0 Å². The number of benzene rings is 2. The number of aromatic nitrogens is 2. The minimum Gasteiger partial charge on any atom is -0.280 e. The SMILES string of the molecule is O=C1c2ccccc2C(=O)N1CC(=O)N(Cc1ccccn1)c1nc2c(F)cc(F)cc2s1. The number of anilines is 1. The van der Waals surface area contributed by atoms with Gasteiger partial charge in [0.1, 0.15) is 17.9 Å².